The monoisotopic (exact) mass is 703 g/mol. The van der Waals surface area contributed by atoms with Crippen LogP contribution in [0.25, 0.3) is 88.0 Å². The fourth-order valence-electron chi connectivity index (χ4n) is 8.38. The van der Waals surface area contributed by atoms with Crippen molar-refractivity contribution >= 4 is 71.7 Å². The highest BCUT2D eigenvalue weighted by molar-refractivity contribution is 6.20. The lowest BCUT2D eigenvalue weighted by Crippen LogP contribution is -2.12. The van der Waals surface area contributed by atoms with E-state index in [1.165, 1.54) is 5.39 Å². The first-order valence-electron chi connectivity index (χ1n) is 18.7. The van der Waals surface area contributed by atoms with Crippen molar-refractivity contribution < 1.29 is 8.83 Å². The average Bonchev–Trinajstić information content (AvgIpc) is 3.84. The molecule has 3 nitrogen and oxygen atoms in total. The van der Waals surface area contributed by atoms with Crippen molar-refractivity contribution in [2.75, 3.05) is 4.90 Å². The van der Waals surface area contributed by atoms with Crippen molar-refractivity contribution in [3.63, 3.8) is 0 Å². The first-order valence-corrected chi connectivity index (χ1v) is 18.7. The molecule has 0 radical (unpaired) electrons. The summed E-state index contributed by atoms with van der Waals surface area (Å²) < 4.78 is 13.1. The molecule has 0 saturated heterocycles. The molecule has 0 aliphatic rings. The largest absolute Gasteiger partial charge is 0.455 e. The Balaban J connectivity index is 1.13. The Morgan fingerprint density at radius 3 is 1.75 bits per heavy atom. The molecule has 3 heteroatoms. The van der Waals surface area contributed by atoms with Crippen molar-refractivity contribution in [2.24, 2.45) is 0 Å². The SMILES string of the molecule is c1ccc(-c2ccccc2N(c2ccc(-c3cccc4c3oc3ccccc34)cc2)c2ccccc2-c2cccc3oc4c5ccccc5ccc4c23)cc1. The molecule has 0 aliphatic heterocycles. The van der Waals surface area contributed by atoms with Gasteiger partial charge >= 0.3 is 0 Å². The fraction of sp³-hybridized carbons (Fsp3) is 0. The van der Waals surface area contributed by atoms with E-state index < -0.39 is 0 Å². The van der Waals surface area contributed by atoms with Gasteiger partial charge in [-0.1, -0.05) is 158 Å². The van der Waals surface area contributed by atoms with Crippen LogP contribution in [0.1, 0.15) is 0 Å². The molecular formula is C52H33NO2. The Hall–Kier alpha value is -7.36. The highest BCUT2D eigenvalue weighted by Crippen LogP contribution is 2.48. The summed E-state index contributed by atoms with van der Waals surface area (Å²) in [5, 5.41) is 6.76. The molecule has 2 aromatic heterocycles. The highest BCUT2D eigenvalue weighted by atomic mass is 16.3. The van der Waals surface area contributed by atoms with E-state index in [0.717, 1.165) is 99.7 Å². The maximum absolute atomic E-state index is 6.66. The lowest BCUT2D eigenvalue weighted by Gasteiger charge is -2.30. The summed E-state index contributed by atoms with van der Waals surface area (Å²) in [5.74, 6) is 0. The van der Waals surface area contributed by atoms with Crippen LogP contribution in [-0.4, -0.2) is 0 Å². The minimum Gasteiger partial charge on any atom is -0.455 e. The summed E-state index contributed by atoms with van der Waals surface area (Å²) in [6.07, 6.45) is 0. The Bertz CT molecular complexity index is 3210. The normalized spacial score (nSPS) is 11.6. The van der Waals surface area contributed by atoms with Gasteiger partial charge in [-0.15, -0.1) is 0 Å². The average molecular weight is 704 g/mol. The van der Waals surface area contributed by atoms with Gasteiger partial charge in [-0.25, -0.2) is 0 Å². The van der Waals surface area contributed by atoms with E-state index in [1.807, 2.05) is 12.1 Å². The lowest BCUT2D eigenvalue weighted by atomic mass is 9.95. The van der Waals surface area contributed by atoms with Gasteiger partial charge in [0.2, 0.25) is 0 Å². The second-order valence-electron chi connectivity index (χ2n) is 14.0. The Morgan fingerprint density at radius 2 is 0.891 bits per heavy atom. The minimum absolute atomic E-state index is 0.874. The van der Waals surface area contributed by atoms with Gasteiger partial charge in [0, 0.05) is 49.3 Å². The van der Waals surface area contributed by atoms with Crippen LogP contribution in [0.5, 0.6) is 0 Å². The molecule has 258 valence electrons. The smallest absolute Gasteiger partial charge is 0.143 e. The second-order valence-corrected chi connectivity index (χ2v) is 14.0. The topological polar surface area (TPSA) is 29.5 Å². The highest BCUT2D eigenvalue weighted by Gasteiger charge is 2.23. The summed E-state index contributed by atoms with van der Waals surface area (Å²) in [7, 11) is 0. The molecule has 0 fully saturated rings. The third-order valence-electron chi connectivity index (χ3n) is 10.9. The van der Waals surface area contributed by atoms with Crippen molar-refractivity contribution in [1.29, 1.82) is 0 Å². The molecule has 0 spiro atoms. The van der Waals surface area contributed by atoms with Crippen LogP contribution in [0, 0.1) is 0 Å². The summed E-state index contributed by atoms with van der Waals surface area (Å²) in [4.78, 5) is 2.40. The maximum Gasteiger partial charge on any atom is 0.143 e. The Labute approximate surface area is 317 Å². The standard InChI is InChI=1S/C52H33NO2/c1-2-14-34(15-3-1)38-17-6-9-24-46(38)53(37-31-28-36(29-32-37)40-21-12-23-44-42-20-8-11-26-48(42)54-51(40)44)47-25-10-7-19-41(47)43-22-13-27-49-50(43)45-33-30-35-16-4-5-18-39(35)52(45)55-49/h1-33H. The molecule has 11 rings (SSSR count). The van der Waals surface area contributed by atoms with Gasteiger partial charge in [-0.05, 0) is 64.5 Å². The Morgan fingerprint density at radius 1 is 0.309 bits per heavy atom. The number of hydrogen-bond acceptors (Lipinski definition) is 3. The molecule has 0 atom stereocenters. The molecule has 11 aromatic rings. The summed E-state index contributed by atoms with van der Waals surface area (Å²) >= 11 is 0. The van der Waals surface area contributed by atoms with Crippen LogP contribution in [-0.2, 0) is 0 Å². The van der Waals surface area contributed by atoms with Gasteiger partial charge in [0.15, 0.2) is 0 Å². The number of hydrogen-bond donors (Lipinski definition) is 0. The van der Waals surface area contributed by atoms with E-state index in [2.05, 4.69) is 193 Å². The third-order valence-corrected chi connectivity index (χ3v) is 10.9. The van der Waals surface area contributed by atoms with E-state index in [9.17, 15) is 0 Å². The molecule has 0 aliphatic carbocycles. The van der Waals surface area contributed by atoms with Crippen LogP contribution in [0.3, 0.4) is 0 Å². The van der Waals surface area contributed by atoms with Crippen LogP contribution >= 0.6 is 0 Å². The lowest BCUT2D eigenvalue weighted by molar-refractivity contribution is 0.670. The predicted octanol–water partition coefficient (Wildman–Crippen LogP) is 15.1. The molecule has 0 amide bonds. The van der Waals surface area contributed by atoms with Gasteiger partial charge in [0.1, 0.15) is 22.3 Å². The number of furan rings is 2. The molecule has 0 bridgehead atoms. The zero-order valence-electron chi connectivity index (χ0n) is 29.8. The zero-order chi connectivity index (χ0) is 36.3. The van der Waals surface area contributed by atoms with Gasteiger partial charge in [-0.2, -0.15) is 0 Å². The second kappa shape index (κ2) is 12.6. The molecular weight excluding hydrogens is 671 g/mol. The van der Waals surface area contributed by atoms with E-state index in [-0.39, 0.29) is 0 Å². The van der Waals surface area contributed by atoms with Gasteiger partial charge in [0.25, 0.3) is 0 Å². The number of anilines is 3. The van der Waals surface area contributed by atoms with Crippen molar-refractivity contribution in [2.45, 2.75) is 0 Å². The van der Waals surface area contributed by atoms with Gasteiger partial charge in [0.05, 0.1) is 11.4 Å². The van der Waals surface area contributed by atoms with E-state index >= 15 is 0 Å². The molecule has 0 N–H and O–H groups in total. The van der Waals surface area contributed by atoms with Gasteiger partial charge in [-0.3, -0.25) is 0 Å². The summed E-state index contributed by atoms with van der Waals surface area (Å²) in [5.41, 5.74) is 13.5. The molecule has 0 unspecified atom stereocenters. The number of benzene rings is 9. The van der Waals surface area contributed by atoms with E-state index in [0.29, 0.717) is 0 Å². The van der Waals surface area contributed by atoms with Crippen LogP contribution < -0.4 is 4.90 Å². The number of para-hydroxylation sites is 4. The predicted molar refractivity (Wildman–Crippen MR) is 229 cm³/mol. The van der Waals surface area contributed by atoms with Gasteiger partial charge < -0.3 is 13.7 Å². The van der Waals surface area contributed by atoms with Crippen LogP contribution in [0.15, 0.2) is 209 Å². The Kier molecular flexibility index (Phi) is 7.17. The quantitative estimate of drug-likeness (QED) is 0.173. The molecule has 9 aromatic carbocycles. The van der Waals surface area contributed by atoms with E-state index in [4.69, 9.17) is 8.83 Å². The molecule has 2 heterocycles. The van der Waals surface area contributed by atoms with Crippen molar-refractivity contribution in [1.82, 2.24) is 0 Å². The summed E-state index contributed by atoms with van der Waals surface area (Å²) in [6.45, 7) is 0. The summed E-state index contributed by atoms with van der Waals surface area (Å²) in [6, 6.07) is 70.9. The first kappa shape index (κ1) is 31.2. The third kappa shape index (κ3) is 5.05. The van der Waals surface area contributed by atoms with E-state index in [1.54, 1.807) is 0 Å². The van der Waals surface area contributed by atoms with Crippen molar-refractivity contribution in [3.05, 3.63) is 200 Å². The molecule has 55 heavy (non-hydrogen) atoms. The molecule has 0 saturated carbocycles. The van der Waals surface area contributed by atoms with Crippen LogP contribution in [0.2, 0.25) is 0 Å². The zero-order valence-corrected chi connectivity index (χ0v) is 29.8. The number of nitrogens with zero attached hydrogens (tertiary/aromatic N) is 1. The number of fused-ring (bicyclic) bond motifs is 8. The van der Waals surface area contributed by atoms with Crippen molar-refractivity contribution in [3.8, 4) is 33.4 Å². The number of rotatable bonds is 6. The van der Waals surface area contributed by atoms with Crippen LogP contribution in [0.4, 0.5) is 17.1 Å². The maximum atomic E-state index is 6.66. The first-order chi connectivity index (χ1) is 27.3. The minimum atomic E-state index is 0.874. The fourth-order valence-corrected chi connectivity index (χ4v) is 8.38.